The normalized spacial score (nSPS) is 14.2. The highest BCUT2D eigenvalue weighted by atomic mass is 31.2. The third kappa shape index (κ3) is 62.8. The van der Waals surface area contributed by atoms with Gasteiger partial charge in [0.2, 0.25) is 0 Å². The van der Waals surface area contributed by atoms with Crippen molar-refractivity contribution in [2.45, 2.75) is 362 Å². The summed E-state index contributed by atoms with van der Waals surface area (Å²) < 4.78 is 68.2. The molecular weight excluding hydrogens is 1160 g/mol. The monoisotopic (exact) mass is 1300 g/mol. The van der Waals surface area contributed by atoms with Crippen LogP contribution < -0.4 is 0 Å². The van der Waals surface area contributed by atoms with E-state index in [4.69, 9.17) is 37.0 Å². The van der Waals surface area contributed by atoms with Crippen LogP contribution in [0.1, 0.15) is 344 Å². The molecule has 88 heavy (non-hydrogen) atoms. The number of rotatable bonds is 67. The molecule has 0 saturated heterocycles. The molecule has 0 amide bonds. The second kappa shape index (κ2) is 60.0. The molecule has 0 aliphatic heterocycles. The molecule has 0 aromatic rings. The van der Waals surface area contributed by atoms with E-state index in [1.807, 2.05) is 0 Å². The molecule has 0 rings (SSSR count). The van der Waals surface area contributed by atoms with Crippen LogP contribution in [0.25, 0.3) is 0 Å². The van der Waals surface area contributed by atoms with Crippen molar-refractivity contribution in [1.82, 2.24) is 0 Å². The fourth-order valence-corrected chi connectivity index (χ4v) is 11.9. The van der Waals surface area contributed by atoms with Gasteiger partial charge in [-0.1, -0.05) is 292 Å². The Labute approximate surface area is 537 Å². The number of phosphoric acid groups is 2. The zero-order valence-electron chi connectivity index (χ0n) is 57.2. The molecule has 0 aliphatic rings. The standard InChI is InChI=1S/C69H134O17P2/c1-8-9-10-11-12-13-14-15-16-19-22-28-36-43-50-66(71)79-56-64(85-68(73)52-45-38-29-23-20-17-18-21-26-33-40-47-60(2)3)58-83-87(75,76)81-54-63(70)55-82-88(77,78)84-59-65(57-80-67(72)51-44-37-32-31-35-42-49-62(6)7)86-69(74)53-46-39-30-25-24-27-34-41-48-61(4)5/h60-65,70H,8-59H2,1-7H3,(H,75,76)(H,77,78)/t63-,64-,65-/m1/s1. The van der Waals surface area contributed by atoms with Crippen LogP contribution in [-0.2, 0) is 65.4 Å². The summed E-state index contributed by atoms with van der Waals surface area (Å²) in [5, 5.41) is 10.6. The maximum Gasteiger partial charge on any atom is 0.472 e. The molecule has 0 saturated carbocycles. The Morgan fingerprint density at radius 1 is 0.307 bits per heavy atom. The summed E-state index contributed by atoms with van der Waals surface area (Å²) >= 11 is 0. The fraction of sp³-hybridized carbons (Fsp3) is 0.942. The van der Waals surface area contributed by atoms with Gasteiger partial charge in [-0.3, -0.25) is 37.3 Å². The van der Waals surface area contributed by atoms with Gasteiger partial charge in [0.1, 0.15) is 19.3 Å². The summed E-state index contributed by atoms with van der Waals surface area (Å²) in [5.41, 5.74) is 0. The van der Waals surface area contributed by atoms with E-state index in [1.54, 1.807) is 0 Å². The molecule has 0 aliphatic carbocycles. The summed E-state index contributed by atoms with van der Waals surface area (Å²) in [6.45, 7) is 11.7. The molecule has 0 heterocycles. The number of aliphatic hydroxyl groups excluding tert-OH is 1. The van der Waals surface area contributed by atoms with Gasteiger partial charge in [0, 0.05) is 25.7 Å². The topological polar surface area (TPSA) is 237 Å². The molecule has 522 valence electrons. The van der Waals surface area contributed by atoms with Crippen LogP contribution >= 0.6 is 15.6 Å². The van der Waals surface area contributed by atoms with Crippen molar-refractivity contribution in [3.8, 4) is 0 Å². The van der Waals surface area contributed by atoms with Crippen molar-refractivity contribution in [2.24, 2.45) is 17.8 Å². The minimum Gasteiger partial charge on any atom is -0.462 e. The van der Waals surface area contributed by atoms with Gasteiger partial charge in [0.15, 0.2) is 12.2 Å². The van der Waals surface area contributed by atoms with Crippen LogP contribution in [0.2, 0.25) is 0 Å². The van der Waals surface area contributed by atoms with Crippen molar-refractivity contribution in [2.75, 3.05) is 39.6 Å². The lowest BCUT2D eigenvalue weighted by atomic mass is 10.0. The van der Waals surface area contributed by atoms with Crippen molar-refractivity contribution in [3.63, 3.8) is 0 Å². The molecule has 19 heteroatoms. The fourth-order valence-electron chi connectivity index (χ4n) is 10.4. The first kappa shape index (κ1) is 86.1. The van der Waals surface area contributed by atoms with Gasteiger partial charge in [-0.2, -0.15) is 0 Å². The highest BCUT2D eigenvalue weighted by Crippen LogP contribution is 2.45. The van der Waals surface area contributed by atoms with E-state index in [1.165, 1.54) is 148 Å². The molecule has 0 bridgehead atoms. The molecule has 17 nitrogen and oxygen atoms in total. The Balaban J connectivity index is 5.25. The molecule has 3 N–H and O–H groups in total. The Morgan fingerprint density at radius 2 is 0.523 bits per heavy atom. The Morgan fingerprint density at radius 3 is 0.773 bits per heavy atom. The Hall–Kier alpha value is -1.94. The van der Waals surface area contributed by atoms with Gasteiger partial charge in [0.25, 0.3) is 0 Å². The summed E-state index contributed by atoms with van der Waals surface area (Å²) in [6, 6.07) is 0. The lowest BCUT2D eigenvalue weighted by Gasteiger charge is -2.21. The molecule has 0 spiro atoms. The van der Waals surface area contributed by atoms with Crippen molar-refractivity contribution in [1.29, 1.82) is 0 Å². The minimum atomic E-state index is -4.95. The minimum absolute atomic E-state index is 0.103. The lowest BCUT2D eigenvalue weighted by molar-refractivity contribution is -0.161. The van der Waals surface area contributed by atoms with Gasteiger partial charge in [-0.25, -0.2) is 9.13 Å². The summed E-state index contributed by atoms with van der Waals surface area (Å²) in [7, 11) is -9.90. The van der Waals surface area contributed by atoms with E-state index in [9.17, 15) is 43.2 Å². The van der Waals surface area contributed by atoms with E-state index in [2.05, 4.69) is 48.5 Å². The maximum absolute atomic E-state index is 13.0. The smallest absolute Gasteiger partial charge is 0.462 e. The molecule has 2 unspecified atom stereocenters. The second-order valence-electron chi connectivity index (χ2n) is 26.3. The third-order valence-electron chi connectivity index (χ3n) is 15.9. The van der Waals surface area contributed by atoms with Gasteiger partial charge >= 0.3 is 39.5 Å². The van der Waals surface area contributed by atoms with E-state index < -0.39 is 97.5 Å². The zero-order chi connectivity index (χ0) is 65.2. The number of hydrogen-bond acceptors (Lipinski definition) is 15. The molecule has 0 aromatic carbocycles. The van der Waals surface area contributed by atoms with Gasteiger partial charge in [0.05, 0.1) is 26.4 Å². The van der Waals surface area contributed by atoms with Gasteiger partial charge in [-0.15, -0.1) is 0 Å². The maximum atomic E-state index is 13.0. The zero-order valence-corrected chi connectivity index (χ0v) is 59.0. The number of aliphatic hydroxyl groups is 1. The average Bonchev–Trinajstić information content (AvgIpc) is 3.70. The van der Waals surface area contributed by atoms with Crippen LogP contribution in [0.15, 0.2) is 0 Å². The Bertz CT molecular complexity index is 1730. The van der Waals surface area contributed by atoms with E-state index in [-0.39, 0.29) is 25.7 Å². The first-order chi connectivity index (χ1) is 42.2. The van der Waals surface area contributed by atoms with Gasteiger partial charge < -0.3 is 33.8 Å². The molecule has 0 radical (unpaired) electrons. The summed E-state index contributed by atoms with van der Waals surface area (Å²) in [6.07, 6.45) is 43.2. The SMILES string of the molecule is CCCCCCCCCCCCCCCCC(=O)OC[C@H](COP(=O)(O)OC[C@@H](O)COP(=O)(O)OC[C@@H](COC(=O)CCCCCCCCC(C)C)OC(=O)CCCCCCCCCCC(C)C)OC(=O)CCCCCCCCCCCCCC(C)C. The van der Waals surface area contributed by atoms with Gasteiger partial charge in [-0.05, 0) is 43.4 Å². The van der Waals surface area contributed by atoms with Crippen LogP contribution in [0, 0.1) is 17.8 Å². The third-order valence-corrected chi connectivity index (χ3v) is 17.8. The van der Waals surface area contributed by atoms with Crippen LogP contribution in [0.3, 0.4) is 0 Å². The average molecular weight is 1300 g/mol. The number of unbranched alkanes of at least 4 members (excludes halogenated alkanes) is 35. The van der Waals surface area contributed by atoms with E-state index >= 15 is 0 Å². The number of esters is 4. The predicted molar refractivity (Wildman–Crippen MR) is 354 cm³/mol. The highest BCUT2D eigenvalue weighted by Gasteiger charge is 2.30. The number of phosphoric ester groups is 2. The first-order valence-corrected chi connectivity index (χ1v) is 38.8. The number of carbonyl (C=O) groups excluding carboxylic acids is 4. The van der Waals surface area contributed by atoms with Crippen LogP contribution in [0.5, 0.6) is 0 Å². The van der Waals surface area contributed by atoms with Crippen molar-refractivity contribution in [3.05, 3.63) is 0 Å². The van der Waals surface area contributed by atoms with E-state index in [0.29, 0.717) is 31.6 Å². The van der Waals surface area contributed by atoms with Crippen molar-refractivity contribution < 1.29 is 80.2 Å². The number of ether oxygens (including phenoxy) is 4. The molecular formula is C69H134O17P2. The van der Waals surface area contributed by atoms with E-state index in [0.717, 1.165) is 108 Å². The Kier molecular flexibility index (Phi) is 58.7. The highest BCUT2D eigenvalue weighted by molar-refractivity contribution is 7.47. The quantitative estimate of drug-likeness (QED) is 0.0222. The number of hydrogen-bond donors (Lipinski definition) is 3. The summed E-state index contributed by atoms with van der Waals surface area (Å²) in [4.78, 5) is 72.4. The molecule has 0 fully saturated rings. The van der Waals surface area contributed by atoms with Crippen LogP contribution in [0.4, 0.5) is 0 Å². The summed E-state index contributed by atoms with van der Waals surface area (Å²) in [5.74, 6) is 0.0327. The largest absolute Gasteiger partial charge is 0.472 e. The molecule has 0 aromatic heterocycles. The number of carbonyl (C=O) groups is 4. The lowest BCUT2D eigenvalue weighted by Crippen LogP contribution is -2.30. The van der Waals surface area contributed by atoms with Crippen LogP contribution in [-0.4, -0.2) is 96.7 Å². The predicted octanol–water partition coefficient (Wildman–Crippen LogP) is 19.5. The second-order valence-corrected chi connectivity index (χ2v) is 29.3. The van der Waals surface area contributed by atoms with Crippen molar-refractivity contribution >= 4 is 39.5 Å². The first-order valence-electron chi connectivity index (χ1n) is 35.8. The molecule has 5 atom stereocenters.